The molecule has 5 nitrogen and oxygen atoms in total. The number of hydrogen-bond acceptors (Lipinski definition) is 3. The summed E-state index contributed by atoms with van der Waals surface area (Å²) >= 11 is 0. The molecule has 3 aromatic rings. The predicted octanol–water partition coefficient (Wildman–Crippen LogP) is 4.18. The summed E-state index contributed by atoms with van der Waals surface area (Å²) in [6.45, 7) is 6.43. The van der Waals surface area contributed by atoms with E-state index in [2.05, 4.69) is 31.2 Å². The molecule has 0 saturated heterocycles. The standard InChI is InChI=1S/C22H23N3O2S/c1-22(2,3)16-11-9-15(10-12-16)21(26)23-20-18-13-28(27)14-19(18)24-25(20)17-7-5-4-6-8-17/h4-12H,13-14H2,1-3H3,(H,23,26)/t28-/m1/s1. The smallest absolute Gasteiger partial charge is 0.256 e. The number of rotatable bonds is 3. The van der Waals surface area contributed by atoms with Crippen LogP contribution in [0.3, 0.4) is 0 Å². The molecule has 1 N–H and O–H groups in total. The SMILES string of the molecule is CC(C)(C)c1ccc(C(=O)Nc2c3c(nn2-c2ccccc2)C[S@](=O)C3)cc1. The van der Waals surface area contributed by atoms with Gasteiger partial charge in [-0.3, -0.25) is 9.00 Å². The number of carbonyl (C=O) groups is 1. The molecule has 0 radical (unpaired) electrons. The Labute approximate surface area is 167 Å². The Balaban J connectivity index is 1.67. The third-order valence-corrected chi connectivity index (χ3v) is 6.12. The van der Waals surface area contributed by atoms with Gasteiger partial charge in [0, 0.05) is 21.9 Å². The zero-order valence-electron chi connectivity index (χ0n) is 16.2. The number of fused-ring (bicyclic) bond motifs is 1. The molecule has 1 aliphatic heterocycles. The minimum atomic E-state index is -0.963. The highest BCUT2D eigenvalue weighted by Gasteiger charge is 2.28. The lowest BCUT2D eigenvalue weighted by Gasteiger charge is -2.19. The van der Waals surface area contributed by atoms with Crippen LogP contribution < -0.4 is 5.32 Å². The molecule has 0 saturated carbocycles. The van der Waals surface area contributed by atoms with Crippen molar-refractivity contribution in [2.24, 2.45) is 0 Å². The number of amides is 1. The topological polar surface area (TPSA) is 64.0 Å². The maximum Gasteiger partial charge on any atom is 0.256 e. The molecule has 28 heavy (non-hydrogen) atoms. The van der Waals surface area contributed by atoms with E-state index in [0.717, 1.165) is 16.9 Å². The second-order valence-electron chi connectivity index (χ2n) is 8.03. The van der Waals surface area contributed by atoms with Gasteiger partial charge < -0.3 is 5.32 Å². The van der Waals surface area contributed by atoms with Crippen molar-refractivity contribution in [3.05, 3.63) is 77.0 Å². The Kier molecular flexibility index (Phi) is 4.67. The summed E-state index contributed by atoms with van der Waals surface area (Å²) in [6, 6.07) is 17.3. The number of anilines is 1. The molecule has 2 heterocycles. The molecule has 6 heteroatoms. The maximum atomic E-state index is 12.9. The number of aromatic nitrogens is 2. The molecule has 0 aliphatic carbocycles. The van der Waals surface area contributed by atoms with Crippen LogP contribution in [-0.4, -0.2) is 19.9 Å². The summed E-state index contributed by atoms with van der Waals surface area (Å²) in [5.74, 6) is 1.26. The summed E-state index contributed by atoms with van der Waals surface area (Å²) in [7, 11) is -0.963. The Morgan fingerprint density at radius 2 is 1.71 bits per heavy atom. The minimum Gasteiger partial charge on any atom is -0.306 e. The maximum absolute atomic E-state index is 12.9. The highest BCUT2D eigenvalue weighted by molar-refractivity contribution is 7.83. The molecule has 0 spiro atoms. The second-order valence-corrected chi connectivity index (χ2v) is 9.49. The number of benzene rings is 2. The normalized spacial score (nSPS) is 16.0. The van der Waals surface area contributed by atoms with Crippen LogP contribution in [-0.2, 0) is 27.7 Å². The lowest BCUT2D eigenvalue weighted by Crippen LogP contribution is -2.17. The Morgan fingerprint density at radius 1 is 1.04 bits per heavy atom. The molecular weight excluding hydrogens is 370 g/mol. The Bertz CT molecular complexity index is 1050. The minimum absolute atomic E-state index is 0.0336. The van der Waals surface area contributed by atoms with Gasteiger partial charge in [0.15, 0.2) is 0 Å². The van der Waals surface area contributed by atoms with Gasteiger partial charge in [0.2, 0.25) is 0 Å². The van der Waals surface area contributed by atoms with Crippen LogP contribution in [0.25, 0.3) is 5.69 Å². The van der Waals surface area contributed by atoms with Gasteiger partial charge in [0.05, 0.1) is 22.9 Å². The molecule has 0 bridgehead atoms. The van der Waals surface area contributed by atoms with Crippen molar-refractivity contribution in [2.45, 2.75) is 37.7 Å². The fourth-order valence-electron chi connectivity index (χ4n) is 3.31. The summed E-state index contributed by atoms with van der Waals surface area (Å²) in [5.41, 5.74) is 4.31. The van der Waals surface area contributed by atoms with Crippen molar-refractivity contribution >= 4 is 22.5 Å². The predicted molar refractivity (Wildman–Crippen MR) is 112 cm³/mol. The molecule has 4 rings (SSSR count). The fourth-order valence-corrected chi connectivity index (χ4v) is 4.58. The average Bonchev–Trinajstić information content (AvgIpc) is 3.19. The van der Waals surface area contributed by atoms with Crippen molar-refractivity contribution in [3.8, 4) is 5.69 Å². The first-order valence-electron chi connectivity index (χ1n) is 9.26. The van der Waals surface area contributed by atoms with Crippen molar-refractivity contribution in [2.75, 3.05) is 5.32 Å². The highest BCUT2D eigenvalue weighted by Crippen LogP contribution is 2.31. The third-order valence-electron chi connectivity index (χ3n) is 4.92. The molecular formula is C22H23N3O2S. The van der Waals surface area contributed by atoms with Gasteiger partial charge in [-0.1, -0.05) is 51.1 Å². The monoisotopic (exact) mass is 393 g/mol. The molecule has 0 fully saturated rings. The van der Waals surface area contributed by atoms with Gasteiger partial charge in [-0.15, -0.1) is 0 Å². The number of carbonyl (C=O) groups excluding carboxylic acids is 1. The van der Waals surface area contributed by atoms with E-state index in [9.17, 15) is 9.00 Å². The van der Waals surface area contributed by atoms with Crippen LogP contribution in [0.2, 0.25) is 0 Å². The van der Waals surface area contributed by atoms with Gasteiger partial charge in [0.25, 0.3) is 5.91 Å². The van der Waals surface area contributed by atoms with Crippen molar-refractivity contribution in [1.82, 2.24) is 9.78 Å². The zero-order chi connectivity index (χ0) is 19.9. The van der Waals surface area contributed by atoms with Gasteiger partial charge in [-0.05, 0) is 35.2 Å². The van der Waals surface area contributed by atoms with Crippen LogP contribution in [0.4, 0.5) is 5.82 Å². The first-order chi connectivity index (χ1) is 13.3. The van der Waals surface area contributed by atoms with Crippen LogP contribution in [0.5, 0.6) is 0 Å². The van der Waals surface area contributed by atoms with Gasteiger partial charge in [-0.2, -0.15) is 5.10 Å². The lowest BCUT2D eigenvalue weighted by molar-refractivity contribution is 0.102. The average molecular weight is 394 g/mol. The van der Waals surface area contributed by atoms with Crippen molar-refractivity contribution < 1.29 is 9.00 Å². The molecule has 1 aromatic heterocycles. The zero-order valence-corrected chi connectivity index (χ0v) is 17.0. The van der Waals surface area contributed by atoms with E-state index in [1.165, 1.54) is 5.56 Å². The van der Waals surface area contributed by atoms with Crippen LogP contribution >= 0.6 is 0 Å². The molecule has 144 valence electrons. The summed E-state index contributed by atoms with van der Waals surface area (Å²) in [6.07, 6.45) is 0. The van der Waals surface area contributed by atoms with Crippen molar-refractivity contribution in [1.29, 1.82) is 0 Å². The van der Waals surface area contributed by atoms with E-state index in [1.54, 1.807) is 4.68 Å². The van der Waals surface area contributed by atoms with Crippen LogP contribution in [0, 0.1) is 0 Å². The van der Waals surface area contributed by atoms with Crippen LogP contribution in [0.1, 0.15) is 48.0 Å². The molecule has 0 unspecified atom stereocenters. The summed E-state index contributed by atoms with van der Waals surface area (Å²) in [4.78, 5) is 12.9. The van der Waals surface area contributed by atoms with E-state index >= 15 is 0 Å². The van der Waals surface area contributed by atoms with Crippen LogP contribution in [0.15, 0.2) is 54.6 Å². The fraction of sp³-hybridized carbons (Fsp3) is 0.273. The lowest BCUT2D eigenvalue weighted by atomic mass is 9.87. The Hall–Kier alpha value is -2.73. The molecule has 1 aliphatic rings. The van der Waals surface area contributed by atoms with E-state index in [0.29, 0.717) is 22.9 Å². The molecule has 1 amide bonds. The highest BCUT2D eigenvalue weighted by atomic mass is 32.2. The summed E-state index contributed by atoms with van der Waals surface area (Å²) in [5, 5.41) is 7.62. The number of hydrogen-bond donors (Lipinski definition) is 1. The van der Waals surface area contributed by atoms with E-state index in [-0.39, 0.29) is 11.3 Å². The quantitative estimate of drug-likeness (QED) is 0.726. The molecule has 2 aromatic carbocycles. The van der Waals surface area contributed by atoms with Gasteiger partial charge in [-0.25, -0.2) is 4.68 Å². The number of nitrogens with one attached hydrogen (secondary N) is 1. The van der Waals surface area contributed by atoms with Crippen molar-refractivity contribution in [3.63, 3.8) is 0 Å². The number of para-hydroxylation sites is 1. The van der Waals surface area contributed by atoms with Gasteiger partial charge in [0.1, 0.15) is 5.82 Å². The first kappa shape index (κ1) is 18.6. The first-order valence-corrected chi connectivity index (χ1v) is 10.7. The van der Waals surface area contributed by atoms with E-state index < -0.39 is 10.8 Å². The van der Waals surface area contributed by atoms with Gasteiger partial charge >= 0.3 is 0 Å². The summed E-state index contributed by atoms with van der Waals surface area (Å²) < 4.78 is 13.7. The largest absolute Gasteiger partial charge is 0.306 e. The van der Waals surface area contributed by atoms with E-state index in [4.69, 9.17) is 0 Å². The number of nitrogens with zero attached hydrogens (tertiary/aromatic N) is 2. The Morgan fingerprint density at radius 3 is 2.36 bits per heavy atom. The second kappa shape index (κ2) is 7.02. The third kappa shape index (κ3) is 3.52. The van der Waals surface area contributed by atoms with E-state index in [1.807, 2.05) is 54.6 Å². The molecule has 1 atom stereocenters.